The molecule has 1 aromatic heterocycles. The zero-order valence-electron chi connectivity index (χ0n) is 12.3. The molecule has 0 aliphatic rings. The first-order chi connectivity index (χ1) is 9.27. The highest BCUT2D eigenvalue weighted by Gasteiger charge is 2.25. The molecule has 20 heavy (non-hydrogen) atoms. The second-order valence-electron chi connectivity index (χ2n) is 4.64. The minimum atomic E-state index is -3.37. The third-order valence-corrected chi connectivity index (χ3v) is 6.34. The van der Waals surface area contributed by atoms with E-state index in [4.69, 9.17) is 0 Å². The summed E-state index contributed by atoms with van der Waals surface area (Å²) in [6, 6.07) is 3.73. The van der Waals surface area contributed by atoms with E-state index in [1.54, 1.807) is 18.4 Å². The lowest BCUT2D eigenvalue weighted by Crippen LogP contribution is -2.31. The summed E-state index contributed by atoms with van der Waals surface area (Å²) in [7, 11) is -0.498. The van der Waals surface area contributed by atoms with Crippen LogP contribution in [0.4, 0.5) is 0 Å². The number of esters is 1. The SMILES string of the molecule is COC(=O)CCCS(=O)(=O)N(C)C(C)c1ccc(C)s1. The monoisotopic (exact) mass is 319 g/mol. The molecule has 1 rings (SSSR count). The van der Waals surface area contributed by atoms with Crippen molar-refractivity contribution < 1.29 is 17.9 Å². The van der Waals surface area contributed by atoms with Gasteiger partial charge < -0.3 is 4.74 Å². The predicted molar refractivity (Wildman–Crippen MR) is 80.3 cm³/mol. The van der Waals surface area contributed by atoms with Crippen LogP contribution in [0.25, 0.3) is 0 Å². The molecule has 0 bridgehead atoms. The van der Waals surface area contributed by atoms with Gasteiger partial charge in [0.25, 0.3) is 0 Å². The van der Waals surface area contributed by atoms with Crippen LogP contribution in [0, 0.1) is 6.92 Å². The lowest BCUT2D eigenvalue weighted by molar-refractivity contribution is -0.140. The summed E-state index contributed by atoms with van der Waals surface area (Å²) in [5.41, 5.74) is 0. The number of thiophene rings is 1. The van der Waals surface area contributed by atoms with Crippen LogP contribution < -0.4 is 0 Å². The Balaban J connectivity index is 2.64. The van der Waals surface area contributed by atoms with Gasteiger partial charge >= 0.3 is 5.97 Å². The summed E-state index contributed by atoms with van der Waals surface area (Å²) in [4.78, 5) is 13.2. The maximum atomic E-state index is 12.2. The van der Waals surface area contributed by atoms with Crippen LogP contribution in [0.2, 0.25) is 0 Å². The Bertz CT molecular complexity index is 550. The molecule has 0 spiro atoms. The average molecular weight is 319 g/mol. The van der Waals surface area contributed by atoms with E-state index in [9.17, 15) is 13.2 Å². The van der Waals surface area contributed by atoms with Crippen molar-refractivity contribution in [3.05, 3.63) is 21.9 Å². The quantitative estimate of drug-likeness (QED) is 0.724. The van der Waals surface area contributed by atoms with E-state index >= 15 is 0 Å². The molecule has 0 aliphatic carbocycles. The van der Waals surface area contributed by atoms with Crippen molar-refractivity contribution in [3.8, 4) is 0 Å². The Hall–Kier alpha value is -0.920. The number of hydrogen-bond acceptors (Lipinski definition) is 5. The summed E-state index contributed by atoms with van der Waals surface area (Å²) in [6.45, 7) is 3.86. The number of nitrogens with zero attached hydrogens (tertiary/aromatic N) is 1. The van der Waals surface area contributed by atoms with Crippen LogP contribution in [0.3, 0.4) is 0 Å². The van der Waals surface area contributed by atoms with Crippen molar-refractivity contribution >= 4 is 27.3 Å². The lowest BCUT2D eigenvalue weighted by atomic mass is 10.3. The van der Waals surface area contributed by atoms with Gasteiger partial charge in [0.1, 0.15) is 0 Å². The first kappa shape index (κ1) is 17.1. The van der Waals surface area contributed by atoms with E-state index in [-0.39, 0.29) is 30.6 Å². The summed E-state index contributed by atoms with van der Waals surface area (Å²) in [5, 5.41) is 0. The van der Waals surface area contributed by atoms with Gasteiger partial charge in [-0.05, 0) is 32.4 Å². The molecule has 114 valence electrons. The van der Waals surface area contributed by atoms with Gasteiger partial charge in [0, 0.05) is 23.2 Å². The van der Waals surface area contributed by atoms with Crippen LogP contribution in [-0.4, -0.2) is 38.6 Å². The van der Waals surface area contributed by atoms with Crippen molar-refractivity contribution in [2.75, 3.05) is 19.9 Å². The summed E-state index contributed by atoms with van der Waals surface area (Å²) in [6.07, 6.45) is 0.394. The Labute approximate surface area is 124 Å². The number of methoxy groups -OCH3 is 1. The molecule has 0 fully saturated rings. The molecule has 0 aliphatic heterocycles. The van der Waals surface area contributed by atoms with Gasteiger partial charge in [-0.2, -0.15) is 4.31 Å². The van der Waals surface area contributed by atoms with Crippen LogP contribution in [-0.2, 0) is 19.6 Å². The fourth-order valence-electron chi connectivity index (χ4n) is 1.74. The number of carbonyl (C=O) groups excluding carboxylic acids is 1. The zero-order valence-corrected chi connectivity index (χ0v) is 13.9. The number of rotatable bonds is 7. The molecule has 0 aromatic carbocycles. The number of sulfonamides is 1. The molecule has 5 nitrogen and oxygen atoms in total. The smallest absolute Gasteiger partial charge is 0.305 e. The van der Waals surface area contributed by atoms with E-state index in [2.05, 4.69) is 4.74 Å². The highest BCUT2D eigenvalue weighted by molar-refractivity contribution is 7.89. The van der Waals surface area contributed by atoms with Crippen molar-refractivity contribution in [2.24, 2.45) is 0 Å². The fourth-order valence-corrected chi connectivity index (χ4v) is 4.17. The first-order valence-corrected chi connectivity index (χ1v) is 8.79. The highest BCUT2D eigenvalue weighted by atomic mass is 32.2. The molecule has 1 atom stereocenters. The third kappa shape index (κ3) is 4.57. The fraction of sp³-hybridized carbons (Fsp3) is 0.615. The molecule has 0 amide bonds. The minimum absolute atomic E-state index is 0.0483. The molecule has 1 unspecified atom stereocenters. The number of aryl methyl sites for hydroxylation is 1. The molecule has 0 radical (unpaired) electrons. The third-order valence-electron chi connectivity index (χ3n) is 3.17. The van der Waals surface area contributed by atoms with Crippen LogP contribution >= 0.6 is 11.3 Å². The molecular weight excluding hydrogens is 298 g/mol. The summed E-state index contributed by atoms with van der Waals surface area (Å²) < 4.78 is 30.3. The Morgan fingerprint density at radius 1 is 1.45 bits per heavy atom. The second-order valence-corrected chi connectivity index (χ2v) is 8.10. The molecular formula is C13H21NO4S2. The molecule has 0 saturated carbocycles. The molecule has 1 aromatic rings. The first-order valence-electron chi connectivity index (χ1n) is 6.37. The maximum Gasteiger partial charge on any atom is 0.305 e. The van der Waals surface area contributed by atoms with Crippen LogP contribution in [0.1, 0.15) is 35.6 Å². The minimum Gasteiger partial charge on any atom is -0.469 e. The number of ether oxygens (including phenoxy) is 1. The largest absolute Gasteiger partial charge is 0.469 e. The number of hydrogen-bond donors (Lipinski definition) is 0. The van der Waals surface area contributed by atoms with Gasteiger partial charge in [-0.25, -0.2) is 8.42 Å². The van der Waals surface area contributed by atoms with Crippen molar-refractivity contribution in [1.29, 1.82) is 0 Å². The van der Waals surface area contributed by atoms with Gasteiger partial charge in [0.15, 0.2) is 0 Å². The molecule has 0 saturated heterocycles. The maximum absolute atomic E-state index is 12.2. The highest BCUT2D eigenvalue weighted by Crippen LogP contribution is 2.28. The van der Waals surface area contributed by atoms with Crippen molar-refractivity contribution in [1.82, 2.24) is 4.31 Å². The van der Waals surface area contributed by atoms with Gasteiger partial charge in [-0.3, -0.25) is 4.79 Å². The molecule has 0 N–H and O–H groups in total. The standard InChI is InChI=1S/C13H21NO4S2/c1-10-7-8-12(19-10)11(2)14(3)20(16,17)9-5-6-13(15)18-4/h7-8,11H,5-6,9H2,1-4H3. The van der Waals surface area contributed by atoms with E-state index in [1.165, 1.54) is 11.4 Å². The molecule has 1 heterocycles. The van der Waals surface area contributed by atoms with Gasteiger partial charge in [-0.1, -0.05) is 0 Å². The summed E-state index contributed by atoms with van der Waals surface area (Å²) in [5.74, 6) is -0.433. The Morgan fingerprint density at radius 2 is 2.10 bits per heavy atom. The normalized spacial score (nSPS) is 13.4. The van der Waals surface area contributed by atoms with Crippen LogP contribution in [0.15, 0.2) is 12.1 Å². The van der Waals surface area contributed by atoms with E-state index in [1.807, 2.05) is 26.0 Å². The Kier molecular flexibility index (Phi) is 6.16. The van der Waals surface area contributed by atoms with E-state index in [0.717, 1.165) is 9.75 Å². The summed E-state index contributed by atoms with van der Waals surface area (Å²) >= 11 is 1.59. The van der Waals surface area contributed by atoms with Gasteiger partial charge in [0.2, 0.25) is 10.0 Å². The van der Waals surface area contributed by atoms with Gasteiger partial charge in [-0.15, -0.1) is 11.3 Å². The van der Waals surface area contributed by atoms with Crippen molar-refractivity contribution in [2.45, 2.75) is 32.7 Å². The van der Waals surface area contributed by atoms with Crippen molar-refractivity contribution in [3.63, 3.8) is 0 Å². The Morgan fingerprint density at radius 3 is 2.60 bits per heavy atom. The predicted octanol–water partition coefficient (Wildman–Crippen LogP) is 2.33. The zero-order chi connectivity index (χ0) is 15.3. The van der Waals surface area contributed by atoms with Gasteiger partial charge in [0.05, 0.1) is 18.9 Å². The van der Waals surface area contributed by atoms with Crippen LogP contribution in [0.5, 0.6) is 0 Å². The van der Waals surface area contributed by atoms with E-state index < -0.39 is 10.0 Å². The number of carbonyl (C=O) groups is 1. The van der Waals surface area contributed by atoms with E-state index in [0.29, 0.717) is 0 Å². The average Bonchev–Trinajstić information content (AvgIpc) is 2.83. The molecule has 7 heteroatoms. The topological polar surface area (TPSA) is 63.7 Å². The lowest BCUT2D eigenvalue weighted by Gasteiger charge is -2.23. The second kappa shape index (κ2) is 7.19.